The lowest BCUT2D eigenvalue weighted by molar-refractivity contribution is -0.154. The quantitative estimate of drug-likeness (QED) is 0.577. The van der Waals surface area contributed by atoms with Crippen LogP contribution in [0.2, 0.25) is 0 Å². The fraction of sp³-hybridized carbons (Fsp3) is 0.750. The van der Waals surface area contributed by atoms with Crippen LogP contribution in [0.1, 0.15) is 48.0 Å². The Morgan fingerprint density at radius 3 is 2.07 bits per heavy atom. The Bertz CT molecular complexity index is 253. The van der Waals surface area contributed by atoms with Crippen LogP contribution in [0.5, 0.6) is 0 Å². The highest BCUT2D eigenvalue weighted by Crippen LogP contribution is 2.23. The Kier molecular flexibility index (Phi) is 4.53. The highest BCUT2D eigenvalue weighted by molar-refractivity contribution is 5.82. The predicted molar refractivity (Wildman–Crippen MR) is 60.5 cm³/mol. The third kappa shape index (κ3) is 8.18. The van der Waals surface area contributed by atoms with E-state index in [1.54, 1.807) is 27.7 Å². The number of rotatable bonds is 4. The summed E-state index contributed by atoms with van der Waals surface area (Å²) in [5.74, 6) is -0.357. The molecule has 0 saturated heterocycles. The second-order valence-corrected chi connectivity index (χ2v) is 5.39. The number of carbonyl (C=O) groups excluding carboxylic acids is 1. The number of allylic oxidation sites excluding steroid dienone is 1. The molecule has 0 heterocycles. The highest BCUT2D eigenvalue weighted by Gasteiger charge is 2.29. The monoisotopic (exact) mass is 214 g/mol. The molecule has 0 aromatic heterocycles. The molecule has 3 nitrogen and oxygen atoms in total. The van der Waals surface area contributed by atoms with Gasteiger partial charge in [0.2, 0.25) is 0 Å². The van der Waals surface area contributed by atoms with Gasteiger partial charge in [-0.3, -0.25) is 0 Å². The van der Waals surface area contributed by atoms with Crippen LogP contribution in [-0.4, -0.2) is 22.3 Å². The number of aliphatic hydroxyl groups is 1. The lowest BCUT2D eigenvalue weighted by atomic mass is 9.92. The summed E-state index contributed by atoms with van der Waals surface area (Å²) in [6, 6.07) is 0. The van der Waals surface area contributed by atoms with Crippen LogP contribution in [0.25, 0.3) is 0 Å². The highest BCUT2D eigenvalue weighted by atomic mass is 16.6. The summed E-state index contributed by atoms with van der Waals surface area (Å²) in [5.41, 5.74) is -0.588. The molecule has 3 heteroatoms. The molecule has 88 valence electrons. The first kappa shape index (κ1) is 14.2. The van der Waals surface area contributed by atoms with Crippen LogP contribution in [0.4, 0.5) is 0 Å². The fourth-order valence-electron chi connectivity index (χ4n) is 1.62. The van der Waals surface area contributed by atoms with Crippen LogP contribution in [0.15, 0.2) is 11.6 Å². The van der Waals surface area contributed by atoms with Gasteiger partial charge >= 0.3 is 5.97 Å². The maximum absolute atomic E-state index is 11.4. The van der Waals surface area contributed by atoms with Gasteiger partial charge in [-0.1, -0.05) is 5.57 Å². The van der Waals surface area contributed by atoms with Crippen LogP contribution in [-0.2, 0) is 9.53 Å². The van der Waals surface area contributed by atoms with Gasteiger partial charge in [0.05, 0.1) is 5.60 Å². The minimum Gasteiger partial charge on any atom is -0.456 e. The number of carbonyl (C=O) groups is 1. The zero-order valence-corrected chi connectivity index (χ0v) is 10.5. The van der Waals surface area contributed by atoms with Crippen molar-refractivity contribution in [2.75, 3.05) is 0 Å². The van der Waals surface area contributed by atoms with E-state index in [0.717, 1.165) is 5.57 Å². The van der Waals surface area contributed by atoms with Crippen molar-refractivity contribution in [1.82, 2.24) is 0 Å². The Hall–Kier alpha value is -0.830. The Balaban J connectivity index is 4.39. The number of ether oxygens (including phenoxy) is 1. The third-order valence-electron chi connectivity index (χ3n) is 1.64. The molecule has 0 radical (unpaired) electrons. The average molecular weight is 214 g/mol. The van der Waals surface area contributed by atoms with Crippen molar-refractivity contribution in [3.05, 3.63) is 11.6 Å². The third-order valence-corrected chi connectivity index (χ3v) is 1.64. The molecule has 15 heavy (non-hydrogen) atoms. The average Bonchev–Trinajstić information content (AvgIpc) is 1.73. The van der Waals surface area contributed by atoms with Gasteiger partial charge < -0.3 is 9.84 Å². The lowest BCUT2D eigenvalue weighted by Gasteiger charge is -2.30. The first-order valence-electron chi connectivity index (χ1n) is 5.12. The van der Waals surface area contributed by atoms with E-state index in [9.17, 15) is 9.90 Å². The molecule has 0 rings (SSSR count). The summed E-state index contributed by atoms with van der Waals surface area (Å²) in [5, 5.41) is 9.64. The normalized spacial score (nSPS) is 12.2. The summed E-state index contributed by atoms with van der Waals surface area (Å²) >= 11 is 0. The number of esters is 1. The maximum Gasteiger partial charge on any atom is 0.331 e. The molecule has 0 aliphatic heterocycles. The van der Waals surface area contributed by atoms with E-state index in [1.165, 1.54) is 6.08 Å². The summed E-state index contributed by atoms with van der Waals surface area (Å²) in [6.07, 6.45) is 1.86. The van der Waals surface area contributed by atoms with Crippen molar-refractivity contribution in [3.63, 3.8) is 0 Å². The minimum absolute atomic E-state index is 0.357. The molecule has 0 atom stereocenters. The molecule has 0 spiro atoms. The summed E-state index contributed by atoms with van der Waals surface area (Å²) in [7, 11) is 0. The predicted octanol–water partition coefficient (Wildman–Crippen LogP) is 2.44. The minimum atomic E-state index is -0.839. The first-order chi connectivity index (χ1) is 6.52. The SMILES string of the molecule is CC(C)=CC(=O)OC(C)(C)CC(C)(C)O. The number of hydrogen-bond donors (Lipinski definition) is 1. The second kappa shape index (κ2) is 4.79. The van der Waals surface area contributed by atoms with E-state index in [-0.39, 0.29) is 5.97 Å². The zero-order chi connectivity index (χ0) is 12.3. The van der Waals surface area contributed by atoms with Crippen molar-refractivity contribution >= 4 is 5.97 Å². The molecular weight excluding hydrogens is 192 g/mol. The van der Waals surface area contributed by atoms with E-state index in [4.69, 9.17) is 4.74 Å². The summed E-state index contributed by atoms with van der Waals surface area (Å²) in [6.45, 7) is 10.7. The molecule has 0 unspecified atom stereocenters. The van der Waals surface area contributed by atoms with Gasteiger partial charge in [-0.25, -0.2) is 4.79 Å². The number of hydrogen-bond acceptors (Lipinski definition) is 3. The van der Waals surface area contributed by atoms with E-state index in [0.29, 0.717) is 6.42 Å². The van der Waals surface area contributed by atoms with Crippen molar-refractivity contribution in [2.24, 2.45) is 0 Å². The molecule has 0 bridgehead atoms. The van der Waals surface area contributed by atoms with Gasteiger partial charge in [-0.05, 0) is 41.5 Å². The van der Waals surface area contributed by atoms with Gasteiger partial charge in [-0.2, -0.15) is 0 Å². The van der Waals surface area contributed by atoms with Gasteiger partial charge in [0.1, 0.15) is 5.60 Å². The Morgan fingerprint density at radius 1 is 1.27 bits per heavy atom. The van der Waals surface area contributed by atoms with Crippen molar-refractivity contribution < 1.29 is 14.6 Å². The molecule has 0 fully saturated rings. The van der Waals surface area contributed by atoms with E-state index < -0.39 is 11.2 Å². The van der Waals surface area contributed by atoms with E-state index >= 15 is 0 Å². The molecule has 0 aliphatic rings. The van der Waals surface area contributed by atoms with Gasteiger partial charge in [-0.15, -0.1) is 0 Å². The van der Waals surface area contributed by atoms with Crippen molar-refractivity contribution in [2.45, 2.75) is 59.2 Å². The molecule has 0 aliphatic carbocycles. The van der Waals surface area contributed by atoms with Crippen LogP contribution >= 0.6 is 0 Å². The molecule has 0 amide bonds. The molecule has 0 aromatic rings. The molecular formula is C12H22O3. The van der Waals surface area contributed by atoms with Gasteiger partial charge in [0.15, 0.2) is 0 Å². The van der Waals surface area contributed by atoms with Crippen molar-refractivity contribution in [3.8, 4) is 0 Å². The van der Waals surface area contributed by atoms with Crippen LogP contribution in [0.3, 0.4) is 0 Å². The second-order valence-electron chi connectivity index (χ2n) is 5.39. The maximum atomic E-state index is 11.4. The van der Waals surface area contributed by atoms with Gasteiger partial charge in [0, 0.05) is 12.5 Å². The van der Waals surface area contributed by atoms with Crippen LogP contribution in [0, 0.1) is 0 Å². The van der Waals surface area contributed by atoms with Crippen LogP contribution < -0.4 is 0 Å². The fourth-order valence-corrected chi connectivity index (χ4v) is 1.62. The van der Waals surface area contributed by atoms with E-state index in [2.05, 4.69) is 0 Å². The topological polar surface area (TPSA) is 46.5 Å². The molecule has 0 saturated carbocycles. The van der Waals surface area contributed by atoms with Crippen molar-refractivity contribution in [1.29, 1.82) is 0 Å². The Morgan fingerprint density at radius 2 is 1.73 bits per heavy atom. The largest absolute Gasteiger partial charge is 0.456 e. The smallest absolute Gasteiger partial charge is 0.331 e. The Labute approximate surface area is 92.1 Å². The standard InChI is InChI=1S/C12H22O3/c1-9(2)7-10(13)15-12(5,6)8-11(3,4)14/h7,14H,8H2,1-6H3. The summed E-state index contributed by atoms with van der Waals surface area (Å²) < 4.78 is 5.25. The lowest BCUT2D eigenvalue weighted by Crippen LogP contribution is -2.36. The molecule has 1 N–H and O–H groups in total. The molecule has 0 aromatic carbocycles. The zero-order valence-electron chi connectivity index (χ0n) is 10.5. The van der Waals surface area contributed by atoms with E-state index in [1.807, 2.05) is 13.8 Å². The summed E-state index contributed by atoms with van der Waals surface area (Å²) in [4.78, 5) is 11.4. The first-order valence-corrected chi connectivity index (χ1v) is 5.12. The van der Waals surface area contributed by atoms with Gasteiger partial charge in [0.25, 0.3) is 0 Å².